The largest absolute Gasteiger partial charge is 0.394 e. The number of ether oxygens (including phenoxy) is 1. The summed E-state index contributed by atoms with van der Waals surface area (Å²) in [5, 5.41) is 26.0. The van der Waals surface area contributed by atoms with Crippen LogP contribution >= 0.6 is 11.6 Å². The van der Waals surface area contributed by atoms with Gasteiger partial charge in [0, 0.05) is 50.5 Å². The standard InChI is InChI=1S/C25H33ClN6O4/c26-21-9-16(1-2-17(21)14-33)11-28-23-20(24(35)27-3-4-31-5-7-36-8-6-31)12-29-25(30-23)32-13-18-10-19(18)22(32)15-34/h1-2,9,12,18-19,22,33-34H,3-8,10-11,13-15H2,(H,27,35)(H,28,29,30). The van der Waals surface area contributed by atoms with Gasteiger partial charge in [0.2, 0.25) is 5.95 Å². The third-order valence-electron chi connectivity index (χ3n) is 7.33. The quantitative estimate of drug-likeness (QED) is 0.368. The summed E-state index contributed by atoms with van der Waals surface area (Å²) < 4.78 is 5.38. The third-order valence-corrected chi connectivity index (χ3v) is 7.68. The van der Waals surface area contributed by atoms with Gasteiger partial charge in [-0.3, -0.25) is 9.69 Å². The van der Waals surface area contributed by atoms with Crippen molar-refractivity contribution in [2.75, 3.05) is 62.8 Å². The highest BCUT2D eigenvalue weighted by Gasteiger charge is 2.53. The molecule has 3 atom stereocenters. The van der Waals surface area contributed by atoms with Gasteiger partial charge in [0.25, 0.3) is 5.91 Å². The van der Waals surface area contributed by atoms with Crippen LogP contribution in [0.4, 0.5) is 11.8 Å². The zero-order valence-electron chi connectivity index (χ0n) is 20.2. The van der Waals surface area contributed by atoms with Gasteiger partial charge in [-0.1, -0.05) is 23.7 Å². The summed E-state index contributed by atoms with van der Waals surface area (Å²) in [7, 11) is 0. The van der Waals surface area contributed by atoms with E-state index in [9.17, 15) is 15.0 Å². The number of aliphatic hydroxyl groups is 2. The maximum absolute atomic E-state index is 13.1. The monoisotopic (exact) mass is 516 g/mol. The zero-order chi connectivity index (χ0) is 25.1. The van der Waals surface area contributed by atoms with Crippen molar-refractivity contribution in [3.63, 3.8) is 0 Å². The number of aromatic nitrogens is 2. The Bertz CT molecular complexity index is 1080. The van der Waals surface area contributed by atoms with Gasteiger partial charge < -0.3 is 30.5 Å². The van der Waals surface area contributed by atoms with Crippen LogP contribution in [0.25, 0.3) is 0 Å². The van der Waals surface area contributed by atoms with E-state index in [-0.39, 0.29) is 25.2 Å². The maximum atomic E-state index is 13.1. The average molecular weight is 517 g/mol. The lowest BCUT2D eigenvalue weighted by molar-refractivity contribution is 0.0383. The molecule has 0 bridgehead atoms. The van der Waals surface area contributed by atoms with Crippen molar-refractivity contribution < 1.29 is 19.7 Å². The number of aliphatic hydroxyl groups excluding tert-OH is 2. The van der Waals surface area contributed by atoms with Crippen molar-refractivity contribution >= 4 is 29.3 Å². The molecule has 3 fully saturated rings. The third kappa shape index (κ3) is 5.57. The van der Waals surface area contributed by atoms with E-state index in [0.29, 0.717) is 66.1 Å². The van der Waals surface area contributed by atoms with Gasteiger partial charge in [-0.15, -0.1) is 0 Å². The highest BCUT2D eigenvalue weighted by molar-refractivity contribution is 6.31. The van der Waals surface area contributed by atoms with Gasteiger partial charge in [0.05, 0.1) is 32.5 Å². The van der Waals surface area contributed by atoms with Crippen LogP contribution in [-0.2, 0) is 17.9 Å². The Balaban J connectivity index is 1.31. The van der Waals surface area contributed by atoms with Crippen molar-refractivity contribution in [1.29, 1.82) is 0 Å². The molecular formula is C25H33ClN6O4. The van der Waals surface area contributed by atoms with Gasteiger partial charge in [-0.2, -0.15) is 4.98 Å². The molecule has 3 unspecified atom stereocenters. The number of carbonyl (C=O) groups is 1. The fourth-order valence-corrected chi connectivity index (χ4v) is 5.37. The number of carbonyl (C=O) groups excluding carboxylic acids is 1. The Morgan fingerprint density at radius 1 is 1.25 bits per heavy atom. The molecule has 11 heteroatoms. The van der Waals surface area contributed by atoms with E-state index in [4.69, 9.17) is 21.3 Å². The van der Waals surface area contributed by atoms with Gasteiger partial charge in [0.15, 0.2) is 0 Å². The second-order valence-corrected chi connectivity index (χ2v) is 10.0. The first-order valence-electron chi connectivity index (χ1n) is 12.5. The summed E-state index contributed by atoms with van der Waals surface area (Å²) >= 11 is 6.26. The van der Waals surface area contributed by atoms with Crippen LogP contribution in [0.1, 0.15) is 27.9 Å². The Hall–Kier alpha value is -2.50. The Kier molecular flexibility index (Phi) is 7.87. The molecule has 1 aromatic heterocycles. The lowest BCUT2D eigenvalue weighted by atomic mass is 10.1. The summed E-state index contributed by atoms with van der Waals surface area (Å²) in [5.41, 5.74) is 1.92. The molecule has 1 saturated carbocycles. The fourth-order valence-electron chi connectivity index (χ4n) is 5.11. The Morgan fingerprint density at radius 3 is 2.83 bits per heavy atom. The molecule has 10 nitrogen and oxygen atoms in total. The van der Waals surface area contributed by atoms with Crippen molar-refractivity contribution in [1.82, 2.24) is 20.2 Å². The fraction of sp³-hybridized carbons (Fsp3) is 0.560. The number of amides is 1. The predicted octanol–water partition coefficient (Wildman–Crippen LogP) is 1.11. The number of halogens is 1. The number of rotatable bonds is 10. The molecule has 0 spiro atoms. The van der Waals surface area contributed by atoms with E-state index in [1.807, 2.05) is 6.07 Å². The first kappa shape index (κ1) is 25.2. The van der Waals surface area contributed by atoms with E-state index in [2.05, 4.69) is 25.4 Å². The minimum absolute atomic E-state index is 0.0147. The number of hydrogen-bond acceptors (Lipinski definition) is 9. The molecule has 2 aliphatic heterocycles. The van der Waals surface area contributed by atoms with E-state index < -0.39 is 0 Å². The van der Waals surface area contributed by atoms with Gasteiger partial charge in [-0.05, 0) is 35.4 Å². The molecular weight excluding hydrogens is 484 g/mol. The highest BCUT2D eigenvalue weighted by Crippen LogP contribution is 2.50. The van der Waals surface area contributed by atoms with E-state index in [1.165, 1.54) is 0 Å². The Labute approximate surface area is 215 Å². The number of hydrogen-bond donors (Lipinski definition) is 4. The summed E-state index contributed by atoms with van der Waals surface area (Å²) in [6.45, 7) is 5.57. The molecule has 1 aliphatic carbocycles. The van der Waals surface area contributed by atoms with Crippen molar-refractivity contribution in [2.45, 2.75) is 25.6 Å². The molecule has 194 valence electrons. The van der Waals surface area contributed by atoms with Crippen molar-refractivity contribution in [2.24, 2.45) is 11.8 Å². The number of piperidine rings is 1. The molecule has 2 aromatic rings. The van der Waals surface area contributed by atoms with Crippen LogP contribution in [-0.4, -0.2) is 89.6 Å². The molecule has 3 aliphatic rings. The molecule has 3 heterocycles. The number of nitrogens with zero attached hydrogens (tertiary/aromatic N) is 4. The maximum Gasteiger partial charge on any atom is 0.256 e. The number of fused-ring (bicyclic) bond motifs is 1. The average Bonchev–Trinajstić information content (AvgIpc) is 3.58. The number of anilines is 2. The summed E-state index contributed by atoms with van der Waals surface area (Å²) in [5.74, 6) is 1.78. The molecule has 0 radical (unpaired) electrons. The topological polar surface area (TPSA) is 123 Å². The number of nitrogens with one attached hydrogen (secondary N) is 2. The Morgan fingerprint density at radius 2 is 2.08 bits per heavy atom. The molecule has 4 N–H and O–H groups in total. The van der Waals surface area contributed by atoms with Crippen LogP contribution < -0.4 is 15.5 Å². The molecule has 1 amide bonds. The molecule has 1 aromatic carbocycles. The minimum Gasteiger partial charge on any atom is -0.394 e. The van der Waals surface area contributed by atoms with E-state index >= 15 is 0 Å². The van der Waals surface area contributed by atoms with E-state index in [1.54, 1.807) is 18.3 Å². The summed E-state index contributed by atoms with van der Waals surface area (Å²) in [6, 6.07) is 5.47. The molecule has 2 saturated heterocycles. The molecule has 5 rings (SSSR count). The predicted molar refractivity (Wildman–Crippen MR) is 136 cm³/mol. The van der Waals surface area contributed by atoms with Crippen LogP contribution in [0.2, 0.25) is 5.02 Å². The van der Waals surface area contributed by atoms with Crippen LogP contribution in [0.15, 0.2) is 24.4 Å². The van der Waals surface area contributed by atoms with E-state index in [0.717, 1.165) is 38.2 Å². The van der Waals surface area contributed by atoms with Crippen LogP contribution in [0.3, 0.4) is 0 Å². The van der Waals surface area contributed by atoms with Gasteiger partial charge in [0.1, 0.15) is 11.4 Å². The van der Waals surface area contributed by atoms with Crippen LogP contribution in [0.5, 0.6) is 0 Å². The van der Waals surface area contributed by atoms with Gasteiger partial charge >= 0.3 is 0 Å². The van der Waals surface area contributed by atoms with Crippen molar-refractivity contribution in [3.05, 3.63) is 46.1 Å². The second kappa shape index (κ2) is 11.3. The zero-order valence-corrected chi connectivity index (χ0v) is 21.0. The lowest BCUT2D eigenvalue weighted by Crippen LogP contribution is -2.41. The lowest BCUT2D eigenvalue weighted by Gasteiger charge is -2.27. The first-order chi connectivity index (χ1) is 17.6. The smallest absolute Gasteiger partial charge is 0.256 e. The first-order valence-corrected chi connectivity index (χ1v) is 12.9. The number of morpholine rings is 1. The number of benzene rings is 1. The van der Waals surface area contributed by atoms with Crippen LogP contribution in [0, 0.1) is 11.8 Å². The minimum atomic E-state index is -0.242. The SMILES string of the molecule is O=C(NCCN1CCOCC1)c1cnc(N2CC3CC3C2CO)nc1NCc1ccc(CO)c(Cl)c1. The highest BCUT2D eigenvalue weighted by atomic mass is 35.5. The second-order valence-electron chi connectivity index (χ2n) is 9.64. The molecule has 36 heavy (non-hydrogen) atoms. The van der Waals surface area contributed by atoms with Gasteiger partial charge in [-0.25, -0.2) is 4.98 Å². The normalized spacial score (nSPS) is 23.4. The van der Waals surface area contributed by atoms with Crippen molar-refractivity contribution in [3.8, 4) is 0 Å². The summed E-state index contributed by atoms with van der Waals surface area (Å²) in [6.07, 6.45) is 2.70. The summed E-state index contributed by atoms with van der Waals surface area (Å²) in [4.78, 5) is 26.6.